The molecule has 9 aromatic rings. The number of fused-ring (bicyclic) bond motifs is 4. The summed E-state index contributed by atoms with van der Waals surface area (Å²) in [6, 6.07) is 47.7. The molecule has 48 heavy (non-hydrogen) atoms. The van der Waals surface area contributed by atoms with Crippen LogP contribution in [0.2, 0.25) is 0 Å². The van der Waals surface area contributed by atoms with Crippen molar-refractivity contribution in [3.8, 4) is 33.4 Å². The summed E-state index contributed by atoms with van der Waals surface area (Å²) in [6.45, 7) is 0. The maximum absolute atomic E-state index is 9.21. The van der Waals surface area contributed by atoms with Gasteiger partial charge in [0.25, 0.3) is 0 Å². The van der Waals surface area contributed by atoms with Crippen LogP contribution in [0.3, 0.4) is 0 Å². The second kappa shape index (κ2) is 11.8. The Balaban J connectivity index is 1.30. The zero-order valence-corrected chi connectivity index (χ0v) is 25.8. The molecule has 0 saturated heterocycles. The smallest absolute Gasteiger partial charge is 0.159 e. The van der Waals surface area contributed by atoms with Crippen molar-refractivity contribution in [3.05, 3.63) is 188 Å². The Hall–Kier alpha value is -6.38. The molecule has 0 aliphatic heterocycles. The van der Waals surface area contributed by atoms with Crippen molar-refractivity contribution in [3.63, 3.8) is 0 Å². The number of rotatable bonds is 6. The molecule has 0 radical (unpaired) electrons. The number of anilines is 3. The summed E-state index contributed by atoms with van der Waals surface area (Å²) in [5, 5.41) is 2.39. The van der Waals surface area contributed by atoms with E-state index in [1.807, 2.05) is 103 Å². The fraction of sp³-hybridized carbons (Fsp3) is 0. The van der Waals surface area contributed by atoms with Crippen LogP contribution in [-0.2, 0) is 0 Å². The summed E-state index contributed by atoms with van der Waals surface area (Å²) in [5.74, 6) is 0. The van der Waals surface area contributed by atoms with E-state index in [9.17, 15) is 1.37 Å². The summed E-state index contributed by atoms with van der Waals surface area (Å²) in [4.78, 5) is 2.10. The first-order valence-electron chi connectivity index (χ1n) is 18.9. The lowest BCUT2D eigenvalue weighted by atomic mass is 9.93. The molecule has 2 nitrogen and oxygen atoms in total. The van der Waals surface area contributed by atoms with Gasteiger partial charge >= 0.3 is 0 Å². The van der Waals surface area contributed by atoms with Crippen LogP contribution in [0.15, 0.2) is 192 Å². The average molecular weight is 620 g/mol. The van der Waals surface area contributed by atoms with E-state index in [2.05, 4.69) is 41.3 Å². The Bertz CT molecular complexity index is 2890. The molecule has 1 aromatic heterocycles. The molecule has 226 valence electrons. The summed E-state index contributed by atoms with van der Waals surface area (Å²) in [7, 11) is 0. The standard InChI is InChI=1S/C46H31NO/c1-3-13-32(14-4-1)33-27-29-36(30-28-33)47(44-25-12-24-43-42-19-7-8-26-45(42)48-46(43)44)37-18-9-17-35(31-37)39-21-11-22-40-38(20-10-23-41(39)40)34-15-5-2-6-16-34/h1-31H/i10D,11D,20D,21D,22D,23D. The van der Waals surface area contributed by atoms with E-state index >= 15 is 0 Å². The Morgan fingerprint density at radius 2 is 1.00 bits per heavy atom. The van der Waals surface area contributed by atoms with Gasteiger partial charge in [-0.25, -0.2) is 0 Å². The van der Waals surface area contributed by atoms with Crippen molar-refractivity contribution < 1.29 is 12.6 Å². The van der Waals surface area contributed by atoms with Gasteiger partial charge in [0.15, 0.2) is 5.58 Å². The fourth-order valence-corrected chi connectivity index (χ4v) is 6.55. The summed E-state index contributed by atoms with van der Waals surface area (Å²) in [5.41, 5.74) is 7.76. The number of hydrogen-bond acceptors (Lipinski definition) is 2. The molecule has 1 heterocycles. The van der Waals surface area contributed by atoms with Gasteiger partial charge < -0.3 is 9.32 Å². The van der Waals surface area contributed by atoms with Gasteiger partial charge in [-0.05, 0) is 80.6 Å². The van der Waals surface area contributed by atoms with Crippen molar-refractivity contribution in [1.29, 1.82) is 0 Å². The third-order valence-electron chi connectivity index (χ3n) is 8.81. The Morgan fingerprint density at radius 3 is 1.75 bits per heavy atom. The highest BCUT2D eigenvalue weighted by molar-refractivity contribution is 6.10. The predicted molar refractivity (Wildman–Crippen MR) is 202 cm³/mol. The maximum atomic E-state index is 9.21. The molecule has 0 unspecified atom stereocenters. The van der Waals surface area contributed by atoms with Crippen molar-refractivity contribution in [2.45, 2.75) is 0 Å². The molecule has 0 bridgehead atoms. The Labute approximate surface area is 288 Å². The first-order valence-corrected chi connectivity index (χ1v) is 15.9. The molecule has 0 N–H and O–H groups in total. The van der Waals surface area contributed by atoms with E-state index in [-0.39, 0.29) is 52.6 Å². The molecule has 0 spiro atoms. The Kier molecular flexibility index (Phi) is 5.44. The fourth-order valence-electron chi connectivity index (χ4n) is 6.55. The largest absolute Gasteiger partial charge is 0.454 e. The molecule has 2 heteroatoms. The lowest BCUT2D eigenvalue weighted by molar-refractivity contribution is 0.669. The monoisotopic (exact) mass is 619 g/mol. The van der Waals surface area contributed by atoms with Crippen molar-refractivity contribution in [1.82, 2.24) is 0 Å². The minimum Gasteiger partial charge on any atom is -0.454 e. The van der Waals surface area contributed by atoms with Crippen molar-refractivity contribution in [2.24, 2.45) is 0 Å². The maximum Gasteiger partial charge on any atom is 0.159 e. The van der Waals surface area contributed by atoms with Gasteiger partial charge in [-0.15, -0.1) is 0 Å². The number of para-hydroxylation sites is 2. The van der Waals surface area contributed by atoms with Crippen LogP contribution in [0.4, 0.5) is 17.1 Å². The first kappa shape index (κ1) is 22.2. The van der Waals surface area contributed by atoms with Crippen LogP contribution in [0.5, 0.6) is 0 Å². The third kappa shape index (κ3) is 4.83. The highest BCUT2D eigenvalue weighted by atomic mass is 16.3. The molecule has 0 aliphatic carbocycles. The zero-order chi connectivity index (χ0) is 37.1. The van der Waals surface area contributed by atoms with Crippen LogP contribution >= 0.6 is 0 Å². The van der Waals surface area contributed by atoms with Gasteiger partial charge in [-0.1, -0.05) is 152 Å². The second-order valence-electron chi connectivity index (χ2n) is 11.7. The molecule has 0 fully saturated rings. The van der Waals surface area contributed by atoms with Crippen molar-refractivity contribution in [2.75, 3.05) is 4.90 Å². The van der Waals surface area contributed by atoms with Crippen LogP contribution < -0.4 is 4.90 Å². The zero-order valence-electron chi connectivity index (χ0n) is 31.8. The third-order valence-corrected chi connectivity index (χ3v) is 8.81. The summed E-state index contributed by atoms with van der Waals surface area (Å²) < 4.78 is 60.6. The van der Waals surface area contributed by atoms with Gasteiger partial charge in [-0.2, -0.15) is 0 Å². The quantitative estimate of drug-likeness (QED) is 0.184. The van der Waals surface area contributed by atoms with Crippen LogP contribution in [-0.4, -0.2) is 0 Å². The average Bonchev–Trinajstić information content (AvgIpc) is 3.60. The summed E-state index contributed by atoms with van der Waals surface area (Å²) >= 11 is 0. The van der Waals surface area contributed by atoms with Gasteiger partial charge in [0, 0.05) is 22.1 Å². The number of hydrogen-bond donors (Lipinski definition) is 0. The lowest BCUT2D eigenvalue weighted by Crippen LogP contribution is -2.10. The van der Waals surface area contributed by atoms with E-state index in [0.29, 0.717) is 22.3 Å². The molecular weight excluding hydrogens is 583 g/mol. The lowest BCUT2D eigenvalue weighted by Gasteiger charge is -2.26. The molecular formula is C46H31NO. The van der Waals surface area contributed by atoms with Crippen LogP contribution in [0.25, 0.3) is 66.1 Å². The van der Waals surface area contributed by atoms with Gasteiger partial charge in [-0.3, -0.25) is 0 Å². The highest BCUT2D eigenvalue weighted by Gasteiger charge is 2.20. The molecule has 0 atom stereocenters. The van der Waals surface area contributed by atoms with E-state index in [1.54, 1.807) is 12.1 Å². The van der Waals surface area contributed by atoms with Gasteiger partial charge in [0.1, 0.15) is 5.58 Å². The van der Waals surface area contributed by atoms with E-state index in [4.69, 9.17) is 11.3 Å². The first-order chi connectivity index (χ1) is 26.3. The number of benzene rings is 8. The second-order valence-corrected chi connectivity index (χ2v) is 11.7. The molecule has 0 aliphatic rings. The van der Waals surface area contributed by atoms with Gasteiger partial charge in [0.05, 0.1) is 13.9 Å². The van der Waals surface area contributed by atoms with E-state index < -0.39 is 0 Å². The van der Waals surface area contributed by atoms with Crippen LogP contribution in [0, 0.1) is 0 Å². The molecule has 0 saturated carbocycles. The molecule has 0 amide bonds. The van der Waals surface area contributed by atoms with Crippen molar-refractivity contribution >= 4 is 49.8 Å². The highest BCUT2D eigenvalue weighted by Crippen LogP contribution is 2.44. The molecule has 9 rings (SSSR count). The van der Waals surface area contributed by atoms with E-state index in [1.165, 1.54) is 0 Å². The van der Waals surface area contributed by atoms with E-state index in [0.717, 1.165) is 44.5 Å². The van der Waals surface area contributed by atoms with Gasteiger partial charge in [0.2, 0.25) is 0 Å². The number of nitrogens with zero attached hydrogens (tertiary/aromatic N) is 1. The normalized spacial score (nSPS) is 13.1. The Morgan fingerprint density at radius 1 is 0.417 bits per heavy atom. The minimum atomic E-state index is -0.308. The summed E-state index contributed by atoms with van der Waals surface area (Å²) in [6.07, 6.45) is 0. The minimum absolute atomic E-state index is 0.187. The SMILES string of the molecule is [2H]c1c([2H])c(-c2cccc(N(c3ccc(-c4ccccc4)cc3)c3cccc4c3oc3ccccc34)c2)c2c([2H])c([2H])c([2H])c(-c3ccccc3)c2c1[2H]. The van der Waals surface area contributed by atoms with Crippen LogP contribution in [0.1, 0.15) is 8.22 Å². The predicted octanol–water partition coefficient (Wildman–Crippen LogP) is 13.2. The number of furan rings is 1. The molecule has 8 aromatic carbocycles. The topological polar surface area (TPSA) is 16.4 Å².